The van der Waals surface area contributed by atoms with Crippen molar-refractivity contribution in [1.82, 2.24) is 0 Å². The van der Waals surface area contributed by atoms with Gasteiger partial charge in [0.25, 0.3) is 0 Å². The Balaban J connectivity index is 1.96. The fraction of sp³-hybridized carbons (Fsp3) is 0.391. The zero-order chi connectivity index (χ0) is 19.9. The van der Waals surface area contributed by atoms with Crippen LogP contribution in [0.3, 0.4) is 0 Å². The molecule has 0 aromatic heterocycles. The number of carbonyl (C=O) groups is 1. The molecule has 4 heteroatoms. The average Bonchev–Trinajstić information content (AvgIpc) is 2.58. The number of aromatic carboxylic acids is 1. The van der Waals surface area contributed by atoms with Crippen LogP contribution in [0.1, 0.15) is 65.7 Å². The van der Waals surface area contributed by atoms with Gasteiger partial charge in [0, 0.05) is 24.5 Å². The van der Waals surface area contributed by atoms with Crippen LogP contribution in [0, 0.1) is 13.8 Å². The van der Waals surface area contributed by atoms with E-state index in [9.17, 15) is 4.79 Å². The summed E-state index contributed by atoms with van der Waals surface area (Å²) >= 11 is 0. The number of hydrogen-bond donors (Lipinski definition) is 1. The van der Waals surface area contributed by atoms with Crippen molar-refractivity contribution in [3.05, 3.63) is 58.1 Å². The monoisotopic (exact) mass is 364 g/mol. The first-order valence-corrected chi connectivity index (χ1v) is 9.36. The van der Waals surface area contributed by atoms with Gasteiger partial charge >= 0.3 is 5.97 Å². The molecule has 1 aliphatic heterocycles. The van der Waals surface area contributed by atoms with Crippen molar-refractivity contribution in [3.8, 4) is 0 Å². The summed E-state index contributed by atoms with van der Waals surface area (Å²) in [7, 11) is 2.17. The SMILES string of the molecule is Cc1cc2c(cc1C=Nc1ccc(C(=O)O)cc1C)C(C)CC(C)(C)N2C. The summed E-state index contributed by atoms with van der Waals surface area (Å²) in [4.78, 5) is 18.1. The molecule has 0 radical (unpaired) electrons. The van der Waals surface area contributed by atoms with E-state index in [2.05, 4.69) is 56.8 Å². The van der Waals surface area contributed by atoms with Gasteiger partial charge < -0.3 is 10.0 Å². The van der Waals surface area contributed by atoms with Crippen molar-refractivity contribution in [3.63, 3.8) is 0 Å². The molecule has 1 N–H and O–H groups in total. The molecule has 0 spiro atoms. The second-order valence-electron chi connectivity index (χ2n) is 8.31. The van der Waals surface area contributed by atoms with Gasteiger partial charge in [-0.1, -0.05) is 6.92 Å². The minimum absolute atomic E-state index is 0.150. The van der Waals surface area contributed by atoms with Crippen molar-refractivity contribution in [1.29, 1.82) is 0 Å². The van der Waals surface area contributed by atoms with Gasteiger partial charge in [-0.2, -0.15) is 0 Å². The zero-order valence-electron chi connectivity index (χ0n) is 17.0. The number of carboxylic acids is 1. The summed E-state index contributed by atoms with van der Waals surface area (Å²) in [5.74, 6) is -0.421. The Morgan fingerprint density at radius 3 is 2.56 bits per heavy atom. The lowest BCUT2D eigenvalue weighted by molar-refractivity contribution is 0.0697. The first kappa shape index (κ1) is 19.2. The van der Waals surface area contributed by atoms with Crippen LogP contribution in [0.2, 0.25) is 0 Å². The number of carboxylic acid groups (broad SMARTS) is 1. The van der Waals surface area contributed by atoms with Crippen molar-refractivity contribution < 1.29 is 9.90 Å². The Bertz CT molecular complexity index is 928. The van der Waals surface area contributed by atoms with Gasteiger partial charge in [-0.15, -0.1) is 0 Å². The van der Waals surface area contributed by atoms with E-state index in [1.165, 1.54) is 16.8 Å². The maximum absolute atomic E-state index is 11.1. The highest BCUT2D eigenvalue weighted by atomic mass is 16.4. The van der Waals surface area contributed by atoms with Crippen LogP contribution < -0.4 is 4.90 Å². The molecule has 0 saturated carbocycles. The van der Waals surface area contributed by atoms with Crippen LogP contribution in [0.5, 0.6) is 0 Å². The molecule has 4 nitrogen and oxygen atoms in total. The smallest absolute Gasteiger partial charge is 0.335 e. The number of hydrogen-bond acceptors (Lipinski definition) is 3. The van der Waals surface area contributed by atoms with Gasteiger partial charge in [-0.05, 0) is 92.6 Å². The van der Waals surface area contributed by atoms with E-state index in [1.807, 2.05) is 13.1 Å². The predicted molar refractivity (Wildman–Crippen MR) is 112 cm³/mol. The summed E-state index contributed by atoms with van der Waals surface area (Å²) in [5, 5.41) is 9.10. The maximum Gasteiger partial charge on any atom is 0.335 e. The van der Waals surface area contributed by atoms with Crippen LogP contribution in [-0.2, 0) is 0 Å². The second kappa shape index (κ2) is 6.84. The van der Waals surface area contributed by atoms with Gasteiger partial charge in [-0.3, -0.25) is 4.99 Å². The van der Waals surface area contributed by atoms with Crippen LogP contribution in [-0.4, -0.2) is 29.9 Å². The van der Waals surface area contributed by atoms with Gasteiger partial charge in [-0.25, -0.2) is 4.79 Å². The molecule has 0 aliphatic carbocycles. The van der Waals surface area contributed by atoms with Crippen LogP contribution >= 0.6 is 0 Å². The quantitative estimate of drug-likeness (QED) is 0.734. The summed E-state index contributed by atoms with van der Waals surface area (Å²) in [6.07, 6.45) is 3.01. The molecule has 2 aromatic carbocycles. The predicted octanol–water partition coefficient (Wildman–Crippen LogP) is 5.47. The third-order valence-electron chi connectivity index (χ3n) is 5.81. The number of fused-ring (bicyclic) bond motifs is 1. The van der Waals surface area contributed by atoms with Crippen LogP contribution in [0.15, 0.2) is 35.3 Å². The molecule has 27 heavy (non-hydrogen) atoms. The standard InChI is InChI=1S/C23H28N2O2/c1-14-10-21-19(16(3)12-23(4,5)25(21)6)11-18(14)13-24-20-8-7-17(22(26)27)9-15(20)2/h7-11,13,16H,12H2,1-6H3,(H,26,27). The van der Waals surface area contributed by atoms with Crippen molar-refractivity contribution in [2.24, 2.45) is 4.99 Å². The highest BCUT2D eigenvalue weighted by molar-refractivity contribution is 5.89. The molecule has 0 amide bonds. The van der Waals surface area contributed by atoms with E-state index in [0.717, 1.165) is 23.2 Å². The van der Waals surface area contributed by atoms with Crippen LogP contribution in [0.25, 0.3) is 0 Å². The molecule has 0 fully saturated rings. The van der Waals surface area contributed by atoms with Gasteiger partial charge in [0.1, 0.15) is 0 Å². The fourth-order valence-corrected chi connectivity index (χ4v) is 3.95. The maximum atomic E-state index is 11.1. The van der Waals surface area contributed by atoms with Crippen molar-refractivity contribution >= 4 is 23.6 Å². The number of aliphatic imine (C=N–C) groups is 1. The normalized spacial score (nSPS) is 18.6. The first-order chi connectivity index (χ1) is 12.6. The summed E-state index contributed by atoms with van der Waals surface area (Å²) in [6, 6.07) is 9.54. The molecule has 1 heterocycles. The highest BCUT2D eigenvalue weighted by Crippen LogP contribution is 2.43. The highest BCUT2D eigenvalue weighted by Gasteiger charge is 2.34. The van der Waals surface area contributed by atoms with E-state index >= 15 is 0 Å². The summed E-state index contributed by atoms with van der Waals surface area (Å²) < 4.78 is 0. The third-order valence-corrected chi connectivity index (χ3v) is 5.81. The van der Waals surface area contributed by atoms with E-state index in [4.69, 9.17) is 5.11 Å². The Morgan fingerprint density at radius 2 is 1.93 bits per heavy atom. The topological polar surface area (TPSA) is 52.9 Å². The summed E-state index contributed by atoms with van der Waals surface area (Å²) in [5.41, 5.74) is 7.05. The van der Waals surface area contributed by atoms with E-state index in [0.29, 0.717) is 5.92 Å². The van der Waals surface area contributed by atoms with Crippen molar-refractivity contribution in [2.45, 2.75) is 52.5 Å². The van der Waals surface area contributed by atoms with Gasteiger partial charge in [0.2, 0.25) is 0 Å². The lowest BCUT2D eigenvalue weighted by atomic mass is 9.79. The third kappa shape index (κ3) is 3.61. The van der Waals surface area contributed by atoms with Gasteiger partial charge in [0.15, 0.2) is 0 Å². The molecule has 0 bridgehead atoms. The number of rotatable bonds is 3. The molecule has 3 rings (SSSR count). The zero-order valence-corrected chi connectivity index (χ0v) is 17.0. The van der Waals surface area contributed by atoms with Crippen LogP contribution in [0.4, 0.5) is 11.4 Å². The Kier molecular flexibility index (Phi) is 4.85. The largest absolute Gasteiger partial charge is 0.478 e. The molecular weight excluding hydrogens is 336 g/mol. The number of aryl methyl sites for hydroxylation is 2. The van der Waals surface area contributed by atoms with Crippen molar-refractivity contribution in [2.75, 3.05) is 11.9 Å². The van der Waals surface area contributed by atoms with E-state index in [-0.39, 0.29) is 11.1 Å². The Morgan fingerprint density at radius 1 is 1.22 bits per heavy atom. The molecule has 1 unspecified atom stereocenters. The fourth-order valence-electron chi connectivity index (χ4n) is 3.95. The van der Waals surface area contributed by atoms with Gasteiger partial charge in [0.05, 0.1) is 11.3 Å². The molecular formula is C23H28N2O2. The minimum atomic E-state index is -0.916. The van der Waals surface area contributed by atoms with E-state index < -0.39 is 5.97 Å². The molecule has 1 aliphatic rings. The molecule has 0 saturated heterocycles. The molecule has 1 atom stereocenters. The summed E-state index contributed by atoms with van der Waals surface area (Å²) in [6.45, 7) is 10.9. The number of benzene rings is 2. The second-order valence-corrected chi connectivity index (χ2v) is 8.31. The lowest BCUT2D eigenvalue weighted by Crippen LogP contribution is -2.45. The first-order valence-electron chi connectivity index (χ1n) is 9.36. The molecule has 142 valence electrons. The number of nitrogens with zero attached hydrogens (tertiary/aromatic N) is 2. The molecule has 2 aromatic rings. The average molecular weight is 364 g/mol. The minimum Gasteiger partial charge on any atom is -0.478 e. The van der Waals surface area contributed by atoms with E-state index in [1.54, 1.807) is 18.2 Å². The Hall–Kier alpha value is -2.62. The Labute approximate surface area is 161 Å². The number of anilines is 1. The lowest BCUT2D eigenvalue weighted by Gasteiger charge is -2.45.